The molecule has 1 aliphatic rings. The number of hydrogen-bond donors (Lipinski definition) is 2. The Morgan fingerprint density at radius 3 is 2.72 bits per heavy atom. The summed E-state index contributed by atoms with van der Waals surface area (Å²) < 4.78 is 0. The molecule has 0 saturated carbocycles. The maximum Gasteiger partial charge on any atom is 0.308 e. The summed E-state index contributed by atoms with van der Waals surface area (Å²) >= 11 is 0. The molecule has 1 aromatic heterocycles. The molecule has 18 heavy (non-hydrogen) atoms. The number of aryl methyl sites for hydroxylation is 1. The minimum absolute atomic E-state index is 0.0166. The van der Waals surface area contributed by atoms with Crippen LogP contribution in [0.2, 0.25) is 0 Å². The van der Waals surface area contributed by atoms with Crippen LogP contribution < -0.4 is 4.90 Å². The molecule has 0 aromatic carbocycles. The van der Waals surface area contributed by atoms with E-state index in [1.54, 1.807) is 6.92 Å². The maximum absolute atomic E-state index is 11.8. The lowest BCUT2D eigenvalue weighted by Gasteiger charge is -2.14. The lowest BCUT2D eigenvalue weighted by atomic mass is 10.1. The highest BCUT2D eigenvalue weighted by atomic mass is 16.4. The molecular weight excluding hydrogens is 234 g/mol. The number of aromatic nitrogens is 1. The van der Waals surface area contributed by atoms with Crippen molar-refractivity contribution in [1.29, 1.82) is 5.26 Å². The molecule has 1 amide bonds. The second-order valence-electron chi connectivity index (χ2n) is 4.45. The summed E-state index contributed by atoms with van der Waals surface area (Å²) in [5.41, 5.74) is 2.01. The van der Waals surface area contributed by atoms with E-state index in [0.717, 1.165) is 11.3 Å². The number of aliphatic carboxylic acids is 1. The molecule has 1 unspecified atom stereocenters. The van der Waals surface area contributed by atoms with Gasteiger partial charge in [0.2, 0.25) is 5.91 Å². The van der Waals surface area contributed by atoms with Gasteiger partial charge in [-0.25, -0.2) is 0 Å². The van der Waals surface area contributed by atoms with Crippen LogP contribution in [0, 0.1) is 31.1 Å². The van der Waals surface area contributed by atoms with Crippen LogP contribution in [0.4, 0.5) is 5.82 Å². The van der Waals surface area contributed by atoms with Crippen molar-refractivity contribution in [1.82, 2.24) is 4.98 Å². The van der Waals surface area contributed by atoms with Gasteiger partial charge in [0.05, 0.1) is 11.5 Å². The Hall–Kier alpha value is -2.29. The van der Waals surface area contributed by atoms with Crippen LogP contribution >= 0.6 is 0 Å². The molecule has 6 heteroatoms. The third-order valence-electron chi connectivity index (χ3n) is 3.34. The smallest absolute Gasteiger partial charge is 0.308 e. The predicted molar refractivity (Wildman–Crippen MR) is 63.1 cm³/mol. The second-order valence-corrected chi connectivity index (χ2v) is 4.45. The highest BCUT2D eigenvalue weighted by Crippen LogP contribution is 2.30. The molecular formula is C12H13N3O3. The number of aromatic amines is 1. The number of hydrogen-bond acceptors (Lipinski definition) is 3. The Morgan fingerprint density at radius 1 is 1.56 bits per heavy atom. The normalized spacial score (nSPS) is 19.1. The SMILES string of the molecule is Cc1[nH]c(N2CC(C(=O)O)CC2=O)c(C#N)c1C. The quantitative estimate of drug-likeness (QED) is 0.812. The molecule has 2 heterocycles. The van der Waals surface area contributed by atoms with Crippen molar-refractivity contribution in [2.45, 2.75) is 20.3 Å². The van der Waals surface area contributed by atoms with Crippen LogP contribution in [0.15, 0.2) is 0 Å². The van der Waals surface area contributed by atoms with E-state index in [1.165, 1.54) is 4.90 Å². The van der Waals surface area contributed by atoms with E-state index in [2.05, 4.69) is 11.1 Å². The first-order valence-electron chi connectivity index (χ1n) is 5.58. The summed E-state index contributed by atoms with van der Waals surface area (Å²) in [5, 5.41) is 18.0. The van der Waals surface area contributed by atoms with Gasteiger partial charge in [0.1, 0.15) is 11.9 Å². The Morgan fingerprint density at radius 2 is 2.22 bits per heavy atom. The molecule has 94 valence electrons. The number of carbonyl (C=O) groups excluding carboxylic acids is 1. The van der Waals surface area contributed by atoms with E-state index in [1.807, 2.05) is 6.92 Å². The van der Waals surface area contributed by atoms with Crippen LogP contribution in [-0.2, 0) is 9.59 Å². The molecule has 6 nitrogen and oxygen atoms in total. The number of H-pyrrole nitrogens is 1. The van der Waals surface area contributed by atoms with Crippen LogP contribution in [0.1, 0.15) is 23.2 Å². The lowest BCUT2D eigenvalue weighted by Crippen LogP contribution is -2.26. The predicted octanol–water partition coefficient (Wildman–Crippen LogP) is 0.941. The van der Waals surface area contributed by atoms with E-state index in [-0.39, 0.29) is 18.9 Å². The summed E-state index contributed by atoms with van der Waals surface area (Å²) in [5.74, 6) is -1.53. The fourth-order valence-corrected chi connectivity index (χ4v) is 2.13. The molecule has 0 bridgehead atoms. The van der Waals surface area contributed by atoms with Crippen molar-refractivity contribution < 1.29 is 14.7 Å². The van der Waals surface area contributed by atoms with Crippen molar-refractivity contribution in [3.05, 3.63) is 16.8 Å². The number of nitrogens with one attached hydrogen (secondary N) is 1. The molecule has 2 rings (SSSR count). The number of carboxylic acid groups (broad SMARTS) is 1. The molecule has 0 spiro atoms. The van der Waals surface area contributed by atoms with Gasteiger partial charge in [-0.3, -0.25) is 14.5 Å². The molecule has 1 aromatic rings. The van der Waals surface area contributed by atoms with Gasteiger partial charge < -0.3 is 10.1 Å². The van der Waals surface area contributed by atoms with Gasteiger partial charge in [0.25, 0.3) is 0 Å². The van der Waals surface area contributed by atoms with Crippen molar-refractivity contribution in [2.75, 3.05) is 11.4 Å². The number of rotatable bonds is 2. The first kappa shape index (κ1) is 12.2. The van der Waals surface area contributed by atoms with Crippen LogP contribution in [0.5, 0.6) is 0 Å². The van der Waals surface area contributed by atoms with Crippen molar-refractivity contribution in [3.63, 3.8) is 0 Å². The van der Waals surface area contributed by atoms with Gasteiger partial charge in [-0.1, -0.05) is 0 Å². The summed E-state index contributed by atoms with van der Waals surface area (Å²) in [6.45, 7) is 3.72. The molecule has 2 N–H and O–H groups in total. The monoisotopic (exact) mass is 247 g/mol. The van der Waals surface area contributed by atoms with Gasteiger partial charge in [0, 0.05) is 18.7 Å². The molecule has 0 radical (unpaired) electrons. The largest absolute Gasteiger partial charge is 0.481 e. The number of carboxylic acids is 1. The van der Waals surface area contributed by atoms with Crippen molar-refractivity contribution in [2.24, 2.45) is 5.92 Å². The number of carbonyl (C=O) groups is 2. The van der Waals surface area contributed by atoms with E-state index in [4.69, 9.17) is 10.4 Å². The third kappa shape index (κ3) is 1.74. The summed E-state index contributed by atoms with van der Waals surface area (Å²) in [6.07, 6.45) is -0.0166. The van der Waals surface area contributed by atoms with E-state index in [0.29, 0.717) is 11.4 Å². The fraction of sp³-hybridized carbons (Fsp3) is 0.417. The Labute approximate surface area is 104 Å². The topological polar surface area (TPSA) is 97.2 Å². The van der Waals surface area contributed by atoms with Crippen molar-refractivity contribution in [3.8, 4) is 6.07 Å². The zero-order chi connectivity index (χ0) is 13.4. The Bertz CT molecular complexity index is 568. The third-order valence-corrected chi connectivity index (χ3v) is 3.34. The molecule has 1 aliphatic heterocycles. The number of nitrogens with zero attached hydrogens (tertiary/aromatic N) is 2. The van der Waals surface area contributed by atoms with Crippen LogP contribution in [-0.4, -0.2) is 28.5 Å². The summed E-state index contributed by atoms with van der Waals surface area (Å²) in [6, 6.07) is 2.05. The molecule has 1 saturated heterocycles. The minimum atomic E-state index is -0.982. The highest BCUT2D eigenvalue weighted by molar-refractivity contribution is 5.99. The average Bonchev–Trinajstić information content (AvgIpc) is 2.81. The average molecular weight is 247 g/mol. The number of anilines is 1. The molecule has 1 fully saturated rings. The first-order chi connectivity index (χ1) is 8.45. The highest BCUT2D eigenvalue weighted by Gasteiger charge is 2.37. The van der Waals surface area contributed by atoms with Gasteiger partial charge >= 0.3 is 5.97 Å². The van der Waals surface area contributed by atoms with E-state index < -0.39 is 11.9 Å². The van der Waals surface area contributed by atoms with Crippen LogP contribution in [0.3, 0.4) is 0 Å². The zero-order valence-electron chi connectivity index (χ0n) is 10.1. The van der Waals surface area contributed by atoms with Gasteiger partial charge in [-0.15, -0.1) is 0 Å². The first-order valence-corrected chi connectivity index (χ1v) is 5.58. The van der Waals surface area contributed by atoms with Gasteiger partial charge in [-0.2, -0.15) is 5.26 Å². The van der Waals surface area contributed by atoms with E-state index >= 15 is 0 Å². The lowest BCUT2D eigenvalue weighted by molar-refractivity contribution is -0.141. The standard InChI is InChI=1S/C12H13N3O3/c1-6-7(2)14-11(9(6)4-13)15-5-8(12(17)18)3-10(15)16/h8,14H,3,5H2,1-2H3,(H,17,18). The van der Waals surface area contributed by atoms with E-state index in [9.17, 15) is 9.59 Å². The van der Waals surface area contributed by atoms with Gasteiger partial charge in [0.15, 0.2) is 0 Å². The number of amides is 1. The fourth-order valence-electron chi connectivity index (χ4n) is 2.13. The van der Waals surface area contributed by atoms with Crippen LogP contribution in [0.25, 0.3) is 0 Å². The summed E-state index contributed by atoms with van der Waals surface area (Å²) in [4.78, 5) is 27.1. The Kier molecular flexibility index (Phi) is 2.83. The minimum Gasteiger partial charge on any atom is -0.481 e. The molecule has 0 aliphatic carbocycles. The summed E-state index contributed by atoms with van der Waals surface area (Å²) in [7, 11) is 0. The van der Waals surface area contributed by atoms with Gasteiger partial charge in [-0.05, 0) is 19.4 Å². The maximum atomic E-state index is 11.8. The van der Waals surface area contributed by atoms with Crippen molar-refractivity contribution >= 4 is 17.7 Å². The number of nitriles is 1. The zero-order valence-corrected chi connectivity index (χ0v) is 10.1. The molecule has 1 atom stereocenters. The Balaban J connectivity index is 2.39. The second kappa shape index (κ2) is 4.18.